The number of rotatable bonds is 32. The van der Waals surface area contributed by atoms with Crippen LogP contribution in [0.3, 0.4) is 0 Å². The third-order valence-corrected chi connectivity index (χ3v) is 19.2. The van der Waals surface area contributed by atoms with Crippen LogP contribution < -0.4 is 26.6 Å². The number of ether oxygens (including phenoxy) is 16. The van der Waals surface area contributed by atoms with E-state index in [-0.39, 0.29) is 6.41 Å². The molecule has 0 aromatic carbocycles. The number of aliphatic hydroxyl groups is 22. The van der Waals surface area contributed by atoms with E-state index in [9.17, 15) is 136 Å². The Morgan fingerprint density at radius 1 is 0.306 bits per heavy atom. The fourth-order valence-electron chi connectivity index (χ4n) is 13.5. The second kappa shape index (κ2) is 40.2. The summed E-state index contributed by atoms with van der Waals surface area (Å²) in [5.41, 5.74) is 0. The zero-order valence-corrected chi connectivity index (χ0v) is 58.2. The van der Waals surface area contributed by atoms with Gasteiger partial charge in [-0.3, -0.25) is 24.0 Å². The van der Waals surface area contributed by atoms with Gasteiger partial charge >= 0.3 is 0 Å². The maximum Gasteiger partial charge on any atom is 0.217 e. The topological polar surface area (TPSA) is 738 Å². The molecule has 41 atom stereocenters. The molecule has 0 bridgehead atoms. The summed E-state index contributed by atoms with van der Waals surface area (Å²) in [4.78, 5) is 61.3. The molecular weight excluding hydrogens is 1480 g/mol. The predicted molar refractivity (Wildman–Crippen MR) is 335 cm³/mol. The van der Waals surface area contributed by atoms with Gasteiger partial charge in [0.05, 0.1) is 72.1 Å². The van der Waals surface area contributed by atoms with Crippen molar-refractivity contribution < 1.29 is 212 Å². The highest BCUT2D eigenvalue weighted by Gasteiger charge is 2.59. The van der Waals surface area contributed by atoms with E-state index in [1.54, 1.807) is 0 Å². The van der Waals surface area contributed by atoms with Crippen LogP contribution >= 0.6 is 0 Å². The lowest BCUT2D eigenvalue weighted by molar-refractivity contribution is -0.383. The third kappa shape index (κ3) is 20.7. The Kier molecular flexibility index (Phi) is 33.3. The molecule has 8 rings (SSSR count). The summed E-state index contributed by atoms with van der Waals surface area (Å²) < 4.78 is 93.4. The van der Waals surface area contributed by atoms with Crippen LogP contribution in [-0.2, 0) is 99.8 Å². The zero-order valence-electron chi connectivity index (χ0n) is 58.2. The first kappa shape index (κ1) is 89.4. The molecule has 5 amide bonds. The summed E-state index contributed by atoms with van der Waals surface area (Å²) in [6.07, 6.45) is -70.7. The Balaban J connectivity index is 0.977. The fraction of sp³-hybridized carbons (Fsp3) is 0.917. The molecule has 0 aliphatic carbocycles. The van der Waals surface area contributed by atoms with Crippen molar-refractivity contribution in [1.29, 1.82) is 0 Å². The summed E-state index contributed by atoms with van der Waals surface area (Å²) in [6.45, 7) is -5.12. The van der Waals surface area contributed by atoms with Gasteiger partial charge in [-0.2, -0.15) is 0 Å². The molecule has 48 nitrogen and oxygen atoms in total. The smallest absolute Gasteiger partial charge is 0.217 e. The van der Waals surface area contributed by atoms with Gasteiger partial charge in [0, 0.05) is 27.7 Å². The molecular formula is C60H101N5O43. The van der Waals surface area contributed by atoms with Crippen LogP contribution in [0.4, 0.5) is 0 Å². The van der Waals surface area contributed by atoms with Gasteiger partial charge in [0.2, 0.25) is 30.0 Å². The molecule has 0 aromatic rings. The van der Waals surface area contributed by atoms with Crippen molar-refractivity contribution in [3.05, 3.63) is 0 Å². The van der Waals surface area contributed by atoms with Crippen molar-refractivity contribution in [3.63, 3.8) is 0 Å². The van der Waals surface area contributed by atoms with Crippen molar-refractivity contribution in [1.82, 2.24) is 26.6 Å². The third-order valence-electron chi connectivity index (χ3n) is 19.2. The van der Waals surface area contributed by atoms with Crippen molar-refractivity contribution in [3.8, 4) is 0 Å². The highest BCUT2D eigenvalue weighted by molar-refractivity contribution is 5.74. The van der Waals surface area contributed by atoms with E-state index in [0.29, 0.717) is 0 Å². The minimum absolute atomic E-state index is 0.261. The molecule has 0 radical (unpaired) electrons. The van der Waals surface area contributed by atoms with E-state index in [4.69, 9.17) is 75.8 Å². The summed E-state index contributed by atoms with van der Waals surface area (Å²) in [5, 5.41) is 254. The zero-order chi connectivity index (χ0) is 79.6. The van der Waals surface area contributed by atoms with Crippen molar-refractivity contribution in [2.24, 2.45) is 0 Å². The number of amides is 5. The van der Waals surface area contributed by atoms with E-state index in [2.05, 4.69) is 26.6 Å². The van der Waals surface area contributed by atoms with E-state index >= 15 is 0 Å². The number of nitrogens with one attached hydrogen (secondary N) is 5. The largest absolute Gasteiger partial charge is 0.394 e. The molecule has 624 valence electrons. The van der Waals surface area contributed by atoms with Crippen LogP contribution in [-0.4, -0.2) is 460 Å². The first-order valence-electron chi connectivity index (χ1n) is 34.3. The average molecular weight is 1580 g/mol. The molecule has 0 spiro atoms. The molecule has 8 heterocycles. The Morgan fingerprint density at radius 3 is 1.00 bits per heavy atom. The number of hydrogen-bond donors (Lipinski definition) is 27. The summed E-state index contributed by atoms with van der Waals surface area (Å²) in [7, 11) is 0. The molecule has 8 saturated heterocycles. The van der Waals surface area contributed by atoms with Crippen molar-refractivity contribution >= 4 is 30.0 Å². The van der Waals surface area contributed by atoms with Gasteiger partial charge in [0.15, 0.2) is 50.3 Å². The van der Waals surface area contributed by atoms with E-state index in [1.165, 1.54) is 0 Å². The molecule has 48 heteroatoms. The molecule has 8 fully saturated rings. The van der Waals surface area contributed by atoms with Crippen LogP contribution in [0.2, 0.25) is 0 Å². The number of hydrogen-bond acceptors (Lipinski definition) is 43. The van der Waals surface area contributed by atoms with Crippen LogP contribution in [0.15, 0.2) is 0 Å². The SMILES string of the molecule is CC(=O)N[C@H]1[C@H](O[C@H]2[C@@H](O)[C@@H](CO)O[C@@H](O[C@H]3[C@H](O)[C@@H](O)[C@H](OC[C@@H](CO)NC=O)O[C@@H]3CO)[C@@H]2O)O[C@H](CO)[C@@H](O[C@@H]2O[C@H](CO[C@@H]3O[C@H](CO)[C@@H](O[C@@H]4O[C@H](CO[C@@H]5O[C@H](CO)[C@@H](O)[C@H](O)[C@H]5NC(C)=O)[C@H](O)[C@H](O[C@@H]5O[C@H](CO)[C@@H](O)[C@H](O)[C@H]5NC(C)=O)[C@H]4O)[C@H](O)[C@H]3NC(C)=O)[C@H](O)[C@H](O)[C@H]2O)[C@@H]1O. The van der Waals surface area contributed by atoms with Gasteiger partial charge in [-0.05, 0) is 0 Å². The molecule has 0 aromatic heterocycles. The summed E-state index contributed by atoms with van der Waals surface area (Å²) >= 11 is 0. The molecule has 8 aliphatic rings. The quantitative estimate of drug-likeness (QED) is 0.0278. The fourth-order valence-corrected chi connectivity index (χ4v) is 13.5. The number of carbonyl (C=O) groups excluding carboxylic acids is 5. The van der Waals surface area contributed by atoms with Gasteiger partial charge in [-0.25, -0.2) is 0 Å². The van der Waals surface area contributed by atoms with Crippen LogP contribution in [0.1, 0.15) is 27.7 Å². The highest BCUT2D eigenvalue weighted by atomic mass is 16.8. The Morgan fingerprint density at radius 2 is 0.593 bits per heavy atom. The minimum atomic E-state index is -2.31. The molecule has 27 N–H and O–H groups in total. The molecule has 0 unspecified atom stereocenters. The summed E-state index contributed by atoms with van der Waals surface area (Å²) in [6, 6.07) is -8.00. The number of aliphatic hydroxyl groups excluding tert-OH is 22. The van der Waals surface area contributed by atoms with E-state index in [1.807, 2.05) is 0 Å². The number of carbonyl (C=O) groups is 5. The van der Waals surface area contributed by atoms with Gasteiger partial charge in [0.1, 0.15) is 195 Å². The molecule has 0 saturated carbocycles. The van der Waals surface area contributed by atoms with Crippen molar-refractivity contribution in [2.75, 3.05) is 66.1 Å². The summed E-state index contributed by atoms with van der Waals surface area (Å²) in [5.74, 6) is -3.41. The van der Waals surface area contributed by atoms with Crippen molar-refractivity contribution in [2.45, 2.75) is 279 Å². The maximum absolute atomic E-state index is 12.9. The van der Waals surface area contributed by atoms with Gasteiger partial charge in [0.25, 0.3) is 0 Å². The lowest BCUT2D eigenvalue weighted by Gasteiger charge is -2.50. The first-order chi connectivity index (χ1) is 51.2. The van der Waals surface area contributed by atoms with E-state index in [0.717, 1.165) is 27.7 Å². The first-order valence-corrected chi connectivity index (χ1v) is 34.3. The Hall–Kier alpha value is -4.17. The van der Waals surface area contributed by atoms with Crippen LogP contribution in [0.25, 0.3) is 0 Å². The predicted octanol–water partition coefficient (Wildman–Crippen LogP) is -18.7. The lowest BCUT2D eigenvalue weighted by atomic mass is 9.94. The normalized spacial score (nSPS) is 46.2. The molecule has 108 heavy (non-hydrogen) atoms. The molecule has 8 aliphatic heterocycles. The van der Waals surface area contributed by atoms with Crippen LogP contribution in [0, 0.1) is 0 Å². The highest BCUT2D eigenvalue weighted by Crippen LogP contribution is 2.38. The second-order valence-corrected chi connectivity index (χ2v) is 26.9. The minimum Gasteiger partial charge on any atom is -0.394 e. The standard InChI is InChI=1S/C60H101N5O43/c1-16(74)62-29-38(83)33(78)21(6-67)96-53(29)95-14-28-37(82)52(108-55-30(63-17(2)75)39(84)34(79)22(7-68)97-55)47(92)60(103-28)105-48-24(9-70)99-54(31(40(48)85)64-18(3)76)94-13-27-35(80)42(87)44(89)58(102-27)104-49-25(10-71)100-56(32(41(49)86)65-19(4)77)107-51-36(81)23(8-69)98-59(46(51)91)106-50-26(11-72)101-57(45(90)43(50)88)93-12-20(5-66)61-15-73/h15,20-60,66-72,78-92H,5-14H2,1-4H3,(H,61,73)(H,62,74)(H,63,75)(H,64,76)(H,65,77)/t20-,21-,22-,23-,24-,25-,26-,27-,28-,29-,30-,31-,32-,33-,34-,35+,36+,37+,38-,39-,40-,41-,42+,43-,44-,45-,46-,47-,48-,49-,50-,51+,52+,53-,54-,55+,56+,57-,58+,59+,60+/m1/s1. The monoisotopic (exact) mass is 1580 g/mol. The van der Waals surface area contributed by atoms with Gasteiger partial charge in [-0.1, -0.05) is 0 Å². The van der Waals surface area contributed by atoms with E-state index < -0.39 is 341 Å². The Bertz CT molecular complexity index is 2830. The van der Waals surface area contributed by atoms with Gasteiger partial charge in [-0.15, -0.1) is 0 Å². The second-order valence-electron chi connectivity index (χ2n) is 26.9. The van der Waals surface area contributed by atoms with Crippen LogP contribution in [0.5, 0.6) is 0 Å². The maximum atomic E-state index is 12.9. The average Bonchev–Trinajstić information content (AvgIpc) is 0.773. The lowest BCUT2D eigenvalue weighted by Crippen LogP contribution is -2.70. The Labute approximate surface area is 612 Å². The van der Waals surface area contributed by atoms with Gasteiger partial charge < -0.3 is 215 Å².